The molecule has 2 bridgehead atoms. The highest BCUT2D eigenvalue weighted by atomic mass is 16.8. The van der Waals surface area contributed by atoms with Gasteiger partial charge in [0.25, 0.3) is 0 Å². The second-order valence-electron chi connectivity index (χ2n) is 17.9. The van der Waals surface area contributed by atoms with Gasteiger partial charge in [0.05, 0.1) is 30.8 Å². The molecule has 3 heterocycles. The molecule has 7 rings (SSSR count). The average Bonchev–Trinajstić information content (AvgIpc) is 3.43. The van der Waals surface area contributed by atoms with Crippen LogP contribution in [0.15, 0.2) is 0 Å². The Kier molecular flexibility index (Phi) is 11.8. The monoisotopic (exact) mass is 792 g/mol. The maximum absolute atomic E-state index is 14.1. The highest BCUT2D eigenvalue weighted by Gasteiger charge is 2.68. The molecule has 316 valence electrons. The normalized spacial score (nSPS) is 55.3. The predicted molar refractivity (Wildman–Crippen MR) is 182 cm³/mol. The van der Waals surface area contributed by atoms with Crippen LogP contribution in [0.1, 0.15) is 78.1 Å². The number of esters is 1. The third kappa shape index (κ3) is 6.88. The molecule has 0 aromatic rings. The maximum Gasteiger partial charge on any atom is 0.314 e. The smallest absolute Gasteiger partial charge is 0.314 e. The molecule has 18 heteroatoms. The molecule has 7 fully saturated rings. The lowest BCUT2D eigenvalue weighted by Crippen LogP contribution is -2.65. The van der Waals surface area contributed by atoms with Gasteiger partial charge in [0, 0.05) is 0 Å². The van der Waals surface area contributed by atoms with Gasteiger partial charge in [-0.15, -0.1) is 0 Å². The lowest BCUT2D eigenvalue weighted by Gasteiger charge is -2.64. The first-order chi connectivity index (χ1) is 26.0. The summed E-state index contributed by atoms with van der Waals surface area (Å²) in [7, 11) is 0. The molecule has 21 atom stereocenters. The SMILES string of the molecule is C[C@@]12CCC[C@@](C)(C(=O)O[C@@H]3O[C@H](CO)[C@H](O)[C@@H](O)[C@@H]3O)[C@@H]1CC[C@]13CC[C@](O[C@@H]4O[C@H](CO)[C@@H](O)[C@H](O)[C@@H]4O[C@@H]4O[C@H](CO)[C@H](O)[C@H](O)[C@@H]4O)(CC[C@H]12)C3. The van der Waals surface area contributed by atoms with Crippen LogP contribution in [0.4, 0.5) is 0 Å². The summed E-state index contributed by atoms with van der Waals surface area (Å²) in [5, 5.41) is 114. The summed E-state index contributed by atoms with van der Waals surface area (Å²) in [4.78, 5) is 14.1. The van der Waals surface area contributed by atoms with Gasteiger partial charge in [-0.05, 0) is 87.4 Å². The summed E-state index contributed by atoms with van der Waals surface area (Å²) in [6.45, 7) is 2.15. The number of carbonyl (C=O) groups excluding carboxylic acids is 1. The standard InChI is InChI=1S/C37H60O18/c1-34-6-3-7-35(2,33(49)54-31-28(48)25(45)22(42)17(13-39)51-31)19(34)4-8-36-10-11-37(15-36,9-5-20(34)36)55-32-29(26(46)23(43)18(14-40)52-32)53-30-27(47)24(44)21(41)16(12-38)50-30/h16-32,38-48H,3-15H2,1-2H3/t16-,17-,18-,19-,20+,21+,22+,23-,24+,25-,26+,27+,28+,29+,30+,31+,32+,34-,35-,36-,37-/m1/s1. The third-order valence-corrected chi connectivity index (χ3v) is 15.0. The second-order valence-corrected chi connectivity index (χ2v) is 17.9. The minimum Gasteiger partial charge on any atom is -0.432 e. The molecule has 0 radical (unpaired) electrons. The van der Waals surface area contributed by atoms with Crippen LogP contribution in [0.5, 0.6) is 0 Å². The van der Waals surface area contributed by atoms with Crippen LogP contribution in [0.25, 0.3) is 0 Å². The quantitative estimate of drug-likeness (QED) is 0.0814. The van der Waals surface area contributed by atoms with Crippen LogP contribution in [0.3, 0.4) is 0 Å². The maximum atomic E-state index is 14.1. The molecule has 0 amide bonds. The number of carbonyl (C=O) groups is 1. The van der Waals surface area contributed by atoms with Crippen LogP contribution < -0.4 is 0 Å². The zero-order valence-corrected chi connectivity index (χ0v) is 31.3. The van der Waals surface area contributed by atoms with Crippen molar-refractivity contribution in [2.45, 2.75) is 176 Å². The van der Waals surface area contributed by atoms with E-state index in [2.05, 4.69) is 6.92 Å². The van der Waals surface area contributed by atoms with Crippen LogP contribution in [0.2, 0.25) is 0 Å². The van der Waals surface area contributed by atoms with Gasteiger partial charge in [-0.3, -0.25) is 4.79 Å². The van der Waals surface area contributed by atoms with Gasteiger partial charge in [0.1, 0.15) is 73.2 Å². The van der Waals surface area contributed by atoms with Gasteiger partial charge in [-0.25, -0.2) is 0 Å². The molecule has 1 spiro atoms. The Morgan fingerprint density at radius 3 is 1.76 bits per heavy atom. The van der Waals surface area contributed by atoms with Crippen molar-refractivity contribution in [2.75, 3.05) is 19.8 Å². The Bertz CT molecular complexity index is 1370. The van der Waals surface area contributed by atoms with Gasteiger partial charge >= 0.3 is 5.97 Å². The number of aliphatic hydroxyl groups excluding tert-OH is 11. The largest absolute Gasteiger partial charge is 0.432 e. The van der Waals surface area contributed by atoms with Crippen molar-refractivity contribution in [1.82, 2.24) is 0 Å². The molecule has 7 aliphatic rings. The number of hydrogen-bond acceptors (Lipinski definition) is 18. The van der Waals surface area contributed by atoms with E-state index in [0.717, 1.165) is 32.1 Å². The van der Waals surface area contributed by atoms with E-state index in [1.807, 2.05) is 6.92 Å². The Morgan fingerprint density at radius 1 is 0.600 bits per heavy atom. The van der Waals surface area contributed by atoms with E-state index >= 15 is 0 Å². The van der Waals surface area contributed by atoms with Crippen LogP contribution >= 0.6 is 0 Å². The minimum atomic E-state index is -1.78. The van der Waals surface area contributed by atoms with Crippen molar-refractivity contribution >= 4 is 5.97 Å². The summed E-state index contributed by atoms with van der Waals surface area (Å²) in [5.41, 5.74) is -2.14. The van der Waals surface area contributed by atoms with Gasteiger partial charge in [0.2, 0.25) is 6.29 Å². The fourth-order valence-corrected chi connectivity index (χ4v) is 12.0. The van der Waals surface area contributed by atoms with Crippen molar-refractivity contribution in [3.8, 4) is 0 Å². The second kappa shape index (κ2) is 15.5. The average molecular weight is 793 g/mol. The zero-order valence-electron chi connectivity index (χ0n) is 31.3. The van der Waals surface area contributed by atoms with Crippen LogP contribution in [0, 0.1) is 28.1 Å². The predicted octanol–water partition coefficient (Wildman–Crippen LogP) is -3.10. The lowest BCUT2D eigenvalue weighted by atomic mass is 9.41. The molecule has 11 N–H and O–H groups in total. The summed E-state index contributed by atoms with van der Waals surface area (Å²) >= 11 is 0. The highest BCUT2D eigenvalue weighted by molar-refractivity contribution is 5.77. The van der Waals surface area contributed by atoms with E-state index < -0.39 is 129 Å². The first-order valence-electron chi connectivity index (χ1n) is 19.8. The van der Waals surface area contributed by atoms with E-state index in [-0.39, 0.29) is 22.7 Å². The Balaban J connectivity index is 1.08. The van der Waals surface area contributed by atoms with Gasteiger partial charge in [-0.1, -0.05) is 13.3 Å². The fourth-order valence-electron chi connectivity index (χ4n) is 12.0. The number of ether oxygens (including phenoxy) is 6. The topological polar surface area (TPSA) is 295 Å². The number of fused-ring (bicyclic) bond motifs is 3. The first-order valence-corrected chi connectivity index (χ1v) is 19.8. The van der Waals surface area contributed by atoms with E-state index in [1.165, 1.54) is 0 Å². The van der Waals surface area contributed by atoms with E-state index in [1.54, 1.807) is 0 Å². The summed E-state index contributed by atoms with van der Waals surface area (Å²) < 4.78 is 35.5. The molecule has 0 unspecified atom stereocenters. The molecule has 3 saturated heterocycles. The number of hydrogen-bond donors (Lipinski definition) is 11. The minimum absolute atomic E-state index is 0.0873. The highest BCUT2D eigenvalue weighted by Crippen LogP contribution is 2.73. The molecule has 18 nitrogen and oxygen atoms in total. The Morgan fingerprint density at radius 2 is 1.15 bits per heavy atom. The fraction of sp³-hybridized carbons (Fsp3) is 0.973. The zero-order chi connectivity index (χ0) is 39.8. The van der Waals surface area contributed by atoms with Crippen molar-refractivity contribution < 1.29 is 89.4 Å². The van der Waals surface area contributed by atoms with E-state index in [9.17, 15) is 61.0 Å². The molecule has 4 saturated carbocycles. The molecule has 3 aliphatic heterocycles. The van der Waals surface area contributed by atoms with E-state index in [4.69, 9.17) is 28.4 Å². The van der Waals surface area contributed by atoms with Gasteiger partial charge in [-0.2, -0.15) is 0 Å². The van der Waals surface area contributed by atoms with E-state index in [0.29, 0.717) is 32.1 Å². The molecule has 55 heavy (non-hydrogen) atoms. The summed E-state index contributed by atoms with van der Waals surface area (Å²) in [5.74, 6) is -0.456. The molecular weight excluding hydrogens is 732 g/mol. The molecular formula is C37H60O18. The molecule has 0 aromatic carbocycles. The van der Waals surface area contributed by atoms with Crippen molar-refractivity contribution in [1.29, 1.82) is 0 Å². The van der Waals surface area contributed by atoms with Crippen molar-refractivity contribution in [2.24, 2.45) is 28.1 Å². The summed E-state index contributed by atoms with van der Waals surface area (Å²) in [6.07, 6.45) is -16.1. The lowest BCUT2D eigenvalue weighted by molar-refractivity contribution is -0.380. The van der Waals surface area contributed by atoms with Crippen LogP contribution in [-0.2, 0) is 33.2 Å². The Hall–Kier alpha value is -1.17. The van der Waals surface area contributed by atoms with Gasteiger partial charge < -0.3 is 84.6 Å². The van der Waals surface area contributed by atoms with Gasteiger partial charge in [0.15, 0.2) is 12.6 Å². The van der Waals surface area contributed by atoms with Crippen LogP contribution in [-0.4, -0.2) is 180 Å². The number of aliphatic hydroxyl groups is 11. The number of rotatable bonds is 9. The third-order valence-electron chi connectivity index (χ3n) is 15.0. The summed E-state index contributed by atoms with van der Waals surface area (Å²) in [6, 6.07) is 0. The molecule has 4 aliphatic carbocycles. The molecule has 0 aromatic heterocycles. The Labute approximate surface area is 318 Å². The first kappa shape index (κ1) is 42.0. The van der Waals surface area contributed by atoms with Crippen molar-refractivity contribution in [3.63, 3.8) is 0 Å². The van der Waals surface area contributed by atoms with Crippen molar-refractivity contribution in [3.05, 3.63) is 0 Å².